The molecule has 1 N–H and O–H groups in total. The first-order chi connectivity index (χ1) is 8.66. The highest BCUT2D eigenvalue weighted by atomic mass is 35.5. The molecule has 0 saturated heterocycles. The van der Waals surface area contributed by atoms with Gasteiger partial charge in [-0.25, -0.2) is 9.97 Å². The molecule has 0 radical (unpaired) electrons. The molecule has 1 aromatic heterocycles. The molecule has 0 bridgehead atoms. The molecule has 2 rings (SSSR count). The number of nitro groups is 1. The van der Waals surface area contributed by atoms with Crippen molar-refractivity contribution in [2.75, 3.05) is 5.32 Å². The number of nitro benzene ring substituents is 1. The zero-order chi connectivity index (χ0) is 13.0. The lowest BCUT2D eigenvalue weighted by Crippen LogP contribution is -2.02. The fraction of sp³-hybridized carbons (Fsp3) is 0.0909. The summed E-state index contributed by atoms with van der Waals surface area (Å²) >= 11 is 5.88. The quantitative estimate of drug-likeness (QED) is 0.678. The molecule has 1 heterocycles. The average Bonchev–Trinajstić information content (AvgIpc) is 2.38. The van der Waals surface area contributed by atoms with Gasteiger partial charge in [0.25, 0.3) is 5.69 Å². The summed E-state index contributed by atoms with van der Waals surface area (Å²) in [5.74, 6) is 0.532. The smallest absolute Gasteiger partial charge is 0.269 e. The van der Waals surface area contributed by atoms with Crippen molar-refractivity contribution in [2.24, 2.45) is 0 Å². The second kappa shape index (κ2) is 5.42. The first-order valence-electron chi connectivity index (χ1n) is 5.09. The van der Waals surface area contributed by atoms with Crippen LogP contribution in [-0.4, -0.2) is 14.9 Å². The first kappa shape index (κ1) is 12.3. The van der Waals surface area contributed by atoms with E-state index in [1.807, 2.05) is 0 Å². The SMILES string of the molecule is O=[N+]([O-])c1ccc(CNc2ncncc2Cl)cc1. The molecular weight excluding hydrogens is 256 g/mol. The molecule has 0 saturated carbocycles. The third-order valence-corrected chi connectivity index (χ3v) is 2.55. The van der Waals surface area contributed by atoms with E-state index in [1.165, 1.54) is 24.7 Å². The highest BCUT2D eigenvalue weighted by Gasteiger charge is 2.04. The Hall–Kier alpha value is -2.21. The van der Waals surface area contributed by atoms with Gasteiger partial charge in [-0.15, -0.1) is 0 Å². The number of hydrogen-bond donors (Lipinski definition) is 1. The van der Waals surface area contributed by atoms with E-state index >= 15 is 0 Å². The van der Waals surface area contributed by atoms with Crippen LogP contribution in [0.1, 0.15) is 5.56 Å². The summed E-state index contributed by atoms with van der Waals surface area (Å²) < 4.78 is 0. The van der Waals surface area contributed by atoms with Crippen molar-refractivity contribution in [1.82, 2.24) is 9.97 Å². The summed E-state index contributed by atoms with van der Waals surface area (Å²) in [6, 6.07) is 6.28. The van der Waals surface area contributed by atoms with E-state index in [1.54, 1.807) is 12.1 Å². The number of anilines is 1. The lowest BCUT2D eigenvalue weighted by molar-refractivity contribution is -0.384. The predicted octanol–water partition coefficient (Wildman–Crippen LogP) is 2.65. The highest BCUT2D eigenvalue weighted by molar-refractivity contribution is 6.32. The summed E-state index contributed by atoms with van der Waals surface area (Å²) in [5, 5.41) is 13.9. The Morgan fingerprint density at radius 3 is 2.67 bits per heavy atom. The number of aromatic nitrogens is 2. The Morgan fingerprint density at radius 2 is 2.06 bits per heavy atom. The van der Waals surface area contributed by atoms with Crippen LogP contribution >= 0.6 is 11.6 Å². The van der Waals surface area contributed by atoms with Gasteiger partial charge >= 0.3 is 0 Å². The molecule has 2 aromatic rings. The molecule has 0 fully saturated rings. The van der Waals surface area contributed by atoms with Crippen LogP contribution in [-0.2, 0) is 6.54 Å². The molecule has 92 valence electrons. The molecule has 18 heavy (non-hydrogen) atoms. The van der Waals surface area contributed by atoms with Crippen LogP contribution in [0.25, 0.3) is 0 Å². The van der Waals surface area contributed by atoms with Crippen LogP contribution in [0, 0.1) is 10.1 Å². The maximum atomic E-state index is 10.5. The molecule has 7 heteroatoms. The number of non-ortho nitro benzene ring substituents is 1. The third kappa shape index (κ3) is 2.92. The van der Waals surface area contributed by atoms with Crippen LogP contribution < -0.4 is 5.32 Å². The number of hydrogen-bond acceptors (Lipinski definition) is 5. The summed E-state index contributed by atoms with van der Waals surface area (Å²) in [7, 11) is 0. The number of nitrogens with one attached hydrogen (secondary N) is 1. The Morgan fingerprint density at radius 1 is 1.33 bits per heavy atom. The van der Waals surface area contributed by atoms with Crippen molar-refractivity contribution < 1.29 is 4.92 Å². The van der Waals surface area contributed by atoms with Gasteiger partial charge in [-0.05, 0) is 5.56 Å². The maximum absolute atomic E-state index is 10.5. The van der Waals surface area contributed by atoms with Crippen LogP contribution in [0.4, 0.5) is 11.5 Å². The number of rotatable bonds is 4. The van der Waals surface area contributed by atoms with Crippen LogP contribution in [0.2, 0.25) is 5.02 Å². The summed E-state index contributed by atoms with van der Waals surface area (Å²) in [5.41, 5.74) is 0.967. The zero-order valence-corrected chi connectivity index (χ0v) is 9.96. The molecule has 6 nitrogen and oxygen atoms in total. The number of halogens is 1. The standard InChI is InChI=1S/C11H9ClN4O2/c12-10-6-13-7-15-11(10)14-5-8-1-3-9(4-2-8)16(17)18/h1-4,6-7H,5H2,(H,13,14,15). The van der Waals surface area contributed by atoms with Crippen molar-refractivity contribution in [3.05, 3.63) is 57.5 Å². The number of benzene rings is 1. The van der Waals surface area contributed by atoms with E-state index in [0.29, 0.717) is 17.4 Å². The van der Waals surface area contributed by atoms with E-state index in [0.717, 1.165) is 5.56 Å². The molecule has 0 aliphatic heterocycles. The van der Waals surface area contributed by atoms with Gasteiger partial charge < -0.3 is 5.32 Å². The van der Waals surface area contributed by atoms with Crippen molar-refractivity contribution in [2.45, 2.75) is 6.54 Å². The van der Waals surface area contributed by atoms with Crippen molar-refractivity contribution in [3.63, 3.8) is 0 Å². The summed E-state index contributed by atoms with van der Waals surface area (Å²) in [6.07, 6.45) is 2.89. The van der Waals surface area contributed by atoms with Gasteiger partial charge in [-0.1, -0.05) is 23.7 Å². The summed E-state index contributed by atoms with van der Waals surface area (Å²) in [4.78, 5) is 17.8. The van der Waals surface area contributed by atoms with E-state index in [4.69, 9.17) is 11.6 Å². The Kier molecular flexibility index (Phi) is 3.69. The van der Waals surface area contributed by atoms with Gasteiger partial charge in [0.1, 0.15) is 17.2 Å². The largest absolute Gasteiger partial charge is 0.365 e. The first-order valence-corrected chi connectivity index (χ1v) is 5.47. The van der Waals surface area contributed by atoms with Crippen LogP contribution in [0.3, 0.4) is 0 Å². The molecule has 1 aromatic carbocycles. The minimum absolute atomic E-state index is 0.0684. The van der Waals surface area contributed by atoms with Crippen LogP contribution in [0.15, 0.2) is 36.8 Å². The van der Waals surface area contributed by atoms with Crippen molar-refractivity contribution >= 4 is 23.1 Å². The lowest BCUT2D eigenvalue weighted by atomic mass is 10.2. The van der Waals surface area contributed by atoms with E-state index < -0.39 is 4.92 Å². The van der Waals surface area contributed by atoms with Gasteiger partial charge in [0, 0.05) is 18.7 Å². The Balaban J connectivity index is 2.02. The van der Waals surface area contributed by atoms with Gasteiger partial charge in [-0.3, -0.25) is 10.1 Å². The third-order valence-electron chi connectivity index (χ3n) is 2.27. The molecule has 0 unspecified atom stereocenters. The van der Waals surface area contributed by atoms with Crippen molar-refractivity contribution in [1.29, 1.82) is 0 Å². The monoisotopic (exact) mass is 264 g/mol. The summed E-state index contributed by atoms with van der Waals surface area (Å²) in [6.45, 7) is 0.481. The van der Waals surface area contributed by atoms with Gasteiger partial charge in [0.2, 0.25) is 0 Å². The Bertz CT molecular complexity index is 559. The van der Waals surface area contributed by atoms with Gasteiger partial charge in [0.05, 0.1) is 11.1 Å². The fourth-order valence-electron chi connectivity index (χ4n) is 1.36. The van der Waals surface area contributed by atoms with E-state index in [9.17, 15) is 10.1 Å². The predicted molar refractivity (Wildman–Crippen MR) is 67.5 cm³/mol. The molecule has 0 amide bonds. The molecule has 0 spiro atoms. The molecule has 0 aliphatic carbocycles. The highest BCUT2D eigenvalue weighted by Crippen LogP contribution is 2.18. The lowest BCUT2D eigenvalue weighted by Gasteiger charge is -2.06. The minimum atomic E-state index is -0.432. The second-order valence-corrected chi connectivity index (χ2v) is 3.90. The zero-order valence-electron chi connectivity index (χ0n) is 9.21. The Labute approximate surface area is 108 Å². The average molecular weight is 265 g/mol. The molecule has 0 atom stereocenters. The number of nitrogens with zero attached hydrogens (tertiary/aromatic N) is 3. The van der Waals surface area contributed by atoms with Crippen molar-refractivity contribution in [3.8, 4) is 0 Å². The normalized spacial score (nSPS) is 10.1. The topological polar surface area (TPSA) is 81.0 Å². The minimum Gasteiger partial charge on any atom is -0.365 e. The molecule has 0 aliphatic rings. The van der Waals surface area contributed by atoms with Crippen LogP contribution in [0.5, 0.6) is 0 Å². The second-order valence-electron chi connectivity index (χ2n) is 3.50. The fourth-order valence-corrected chi connectivity index (χ4v) is 1.54. The van der Waals surface area contributed by atoms with E-state index in [-0.39, 0.29) is 5.69 Å². The van der Waals surface area contributed by atoms with Gasteiger partial charge in [0.15, 0.2) is 0 Å². The maximum Gasteiger partial charge on any atom is 0.269 e. The van der Waals surface area contributed by atoms with E-state index in [2.05, 4.69) is 15.3 Å². The van der Waals surface area contributed by atoms with Gasteiger partial charge in [-0.2, -0.15) is 0 Å². The molecular formula is C11H9ClN4O2.